The average molecular weight is 349 g/mol. The molecule has 0 bridgehead atoms. The first kappa shape index (κ1) is 16.1. The average Bonchev–Trinajstić information content (AvgIpc) is 2.16. The SMILES string of the molecule is CC(C)(C)NC(N)=NCCc1cnccn1.I. The lowest BCUT2D eigenvalue weighted by Crippen LogP contribution is -2.45. The van der Waals surface area contributed by atoms with E-state index in [1.165, 1.54) is 0 Å². The van der Waals surface area contributed by atoms with Crippen LogP contribution < -0.4 is 11.1 Å². The molecule has 0 aromatic carbocycles. The fraction of sp³-hybridized carbons (Fsp3) is 0.545. The van der Waals surface area contributed by atoms with Gasteiger partial charge in [0.25, 0.3) is 0 Å². The van der Waals surface area contributed by atoms with Gasteiger partial charge in [0.05, 0.1) is 5.69 Å². The number of hydrogen-bond donors (Lipinski definition) is 2. The van der Waals surface area contributed by atoms with E-state index >= 15 is 0 Å². The predicted molar refractivity (Wildman–Crippen MR) is 80.5 cm³/mol. The second-order valence-corrected chi connectivity index (χ2v) is 4.59. The van der Waals surface area contributed by atoms with Gasteiger partial charge in [-0.2, -0.15) is 0 Å². The first-order valence-electron chi connectivity index (χ1n) is 5.30. The molecule has 0 radical (unpaired) electrons. The Labute approximate surface area is 119 Å². The van der Waals surface area contributed by atoms with Gasteiger partial charge in [0.15, 0.2) is 5.96 Å². The molecule has 1 rings (SSSR count). The van der Waals surface area contributed by atoms with E-state index < -0.39 is 0 Å². The van der Waals surface area contributed by atoms with Crippen LogP contribution in [0.3, 0.4) is 0 Å². The van der Waals surface area contributed by atoms with Crippen molar-refractivity contribution in [3.8, 4) is 0 Å². The van der Waals surface area contributed by atoms with Crippen molar-refractivity contribution in [2.24, 2.45) is 10.7 Å². The smallest absolute Gasteiger partial charge is 0.188 e. The standard InChI is InChI=1S/C11H19N5.HI/c1-11(2,3)16-10(12)15-5-4-9-8-13-6-7-14-9;/h6-8H,4-5H2,1-3H3,(H3,12,15,16);1H. The number of hydrogen-bond acceptors (Lipinski definition) is 3. The molecule has 1 aromatic heterocycles. The van der Waals surface area contributed by atoms with E-state index in [0.29, 0.717) is 12.5 Å². The van der Waals surface area contributed by atoms with Crippen LogP contribution in [0.25, 0.3) is 0 Å². The molecule has 0 aliphatic carbocycles. The fourth-order valence-electron chi connectivity index (χ4n) is 1.17. The van der Waals surface area contributed by atoms with Crippen LogP contribution in [0.15, 0.2) is 23.6 Å². The van der Waals surface area contributed by atoms with Crippen molar-refractivity contribution < 1.29 is 0 Å². The minimum Gasteiger partial charge on any atom is -0.370 e. The zero-order valence-corrected chi connectivity index (χ0v) is 12.8. The first-order valence-corrected chi connectivity index (χ1v) is 5.30. The first-order chi connectivity index (χ1) is 7.47. The van der Waals surface area contributed by atoms with Crippen LogP contribution in [0.1, 0.15) is 26.5 Å². The molecular formula is C11H20IN5. The van der Waals surface area contributed by atoms with Crippen LogP contribution in [-0.4, -0.2) is 28.0 Å². The zero-order valence-electron chi connectivity index (χ0n) is 10.5. The molecule has 0 fully saturated rings. The van der Waals surface area contributed by atoms with Crippen LogP contribution in [0.4, 0.5) is 0 Å². The minimum atomic E-state index is -0.0554. The third-order valence-electron chi connectivity index (χ3n) is 1.77. The number of nitrogens with zero attached hydrogens (tertiary/aromatic N) is 3. The molecular weight excluding hydrogens is 329 g/mol. The summed E-state index contributed by atoms with van der Waals surface area (Å²) < 4.78 is 0. The van der Waals surface area contributed by atoms with Gasteiger partial charge in [0.1, 0.15) is 0 Å². The van der Waals surface area contributed by atoms with Crippen molar-refractivity contribution in [1.82, 2.24) is 15.3 Å². The highest BCUT2D eigenvalue weighted by molar-refractivity contribution is 14.0. The number of rotatable bonds is 3. The lowest BCUT2D eigenvalue weighted by molar-refractivity contribution is 0.508. The fourth-order valence-corrected chi connectivity index (χ4v) is 1.17. The summed E-state index contributed by atoms with van der Waals surface area (Å²) in [5, 5.41) is 3.10. The van der Waals surface area contributed by atoms with Gasteiger partial charge in [0.2, 0.25) is 0 Å². The summed E-state index contributed by atoms with van der Waals surface area (Å²) in [6, 6.07) is 0. The van der Waals surface area contributed by atoms with Gasteiger partial charge >= 0.3 is 0 Å². The largest absolute Gasteiger partial charge is 0.370 e. The molecule has 6 heteroatoms. The van der Waals surface area contributed by atoms with Crippen molar-refractivity contribution in [2.75, 3.05) is 6.54 Å². The summed E-state index contributed by atoms with van der Waals surface area (Å²) in [5.74, 6) is 0.469. The number of aliphatic imine (C=N–C) groups is 1. The molecule has 0 aliphatic rings. The van der Waals surface area contributed by atoms with Gasteiger partial charge in [-0.05, 0) is 20.8 Å². The number of halogens is 1. The quantitative estimate of drug-likeness (QED) is 0.491. The van der Waals surface area contributed by atoms with E-state index in [2.05, 4.69) is 20.3 Å². The molecule has 1 heterocycles. The molecule has 17 heavy (non-hydrogen) atoms. The summed E-state index contributed by atoms with van der Waals surface area (Å²) in [4.78, 5) is 12.4. The van der Waals surface area contributed by atoms with Crippen LogP contribution in [0.2, 0.25) is 0 Å². The molecule has 0 aliphatic heterocycles. The number of aromatic nitrogens is 2. The topological polar surface area (TPSA) is 76.2 Å². The van der Waals surface area contributed by atoms with Gasteiger partial charge in [-0.25, -0.2) is 0 Å². The third kappa shape index (κ3) is 7.89. The summed E-state index contributed by atoms with van der Waals surface area (Å²) in [6.45, 7) is 6.74. The Morgan fingerprint density at radius 2 is 2.12 bits per heavy atom. The van der Waals surface area contributed by atoms with Crippen LogP contribution in [-0.2, 0) is 6.42 Å². The van der Waals surface area contributed by atoms with E-state index in [-0.39, 0.29) is 29.5 Å². The maximum Gasteiger partial charge on any atom is 0.188 e. The molecule has 3 N–H and O–H groups in total. The summed E-state index contributed by atoms with van der Waals surface area (Å²) in [5.41, 5.74) is 6.60. The van der Waals surface area contributed by atoms with Crippen molar-refractivity contribution in [3.05, 3.63) is 24.3 Å². The molecule has 0 saturated heterocycles. The van der Waals surface area contributed by atoms with E-state index in [0.717, 1.165) is 12.1 Å². The maximum atomic E-state index is 5.73. The Morgan fingerprint density at radius 1 is 1.41 bits per heavy atom. The lowest BCUT2D eigenvalue weighted by atomic mass is 10.1. The Kier molecular flexibility index (Phi) is 7.01. The van der Waals surface area contributed by atoms with E-state index in [4.69, 9.17) is 5.73 Å². The highest BCUT2D eigenvalue weighted by Crippen LogP contribution is 1.97. The van der Waals surface area contributed by atoms with Crippen LogP contribution in [0.5, 0.6) is 0 Å². The van der Waals surface area contributed by atoms with Gasteiger partial charge in [-0.15, -0.1) is 24.0 Å². The van der Waals surface area contributed by atoms with E-state index in [1.807, 2.05) is 20.8 Å². The molecule has 1 aromatic rings. The van der Waals surface area contributed by atoms with Gasteiger partial charge < -0.3 is 11.1 Å². The second-order valence-electron chi connectivity index (χ2n) is 4.59. The minimum absolute atomic E-state index is 0. The van der Waals surface area contributed by atoms with Crippen molar-refractivity contribution in [1.29, 1.82) is 0 Å². The van der Waals surface area contributed by atoms with Crippen molar-refractivity contribution in [3.63, 3.8) is 0 Å². The second kappa shape index (κ2) is 7.41. The molecule has 0 saturated carbocycles. The zero-order chi connectivity index (χ0) is 12.0. The molecule has 0 atom stereocenters. The number of nitrogens with one attached hydrogen (secondary N) is 1. The molecule has 0 amide bonds. The summed E-state index contributed by atoms with van der Waals surface area (Å²) in [6.07, 6.45) is 5.82. The van der Waals surface area contributed by atoms with Crippen LogP contribution in [0, 0.1) is 0 Å². The van der Waals surface area contributed by atoms with Crippen LogP contribution >= 0.6 is 24.0 Å². The summed E-state index contributed by atoms with van der Waals surface area (Å²) >= 11 is 0. The van der Waals surface area contributed by atoms with Gasteiger partial charge in [0, 0.05) is 37.1 Å². The Bertz CT molecular complexity index is 345. The molecule has 5 nitrogen and oxygen atoms in total. The highest BCUT2D eigenvalue weighted by Gasteiger charge is 2.09. The van der Waals surface area contributed by atoms with Crippen molar-refractivity contribution in [2.45, 2.75) is 32.7 Å². The highest BCUT2D eigenvalue weighted by atomic mass is 127. The number of guanidine groups is 1. The Morgan fingerprint density at radius 3 is 2.65 bits per heavy atom. The van der Waals surface area contributed by atoms with Crippen molar-refractivity contribution >= 4 is 29.9 Å². The molecule has 0 unspecified atom stereocenters. The Balaban J connectivity index is 0.00000256. The predicted octanol–water partition coefficient (Wildman–Crippen LogP) is 1.34. The maximum absolute atomic E-state index is 5.73. The van der Waals surface area contributed by atoms with E-state index in [1.54, 1.807) is 18.6 Å². The normalized spacial score (nSPS) is 11.8. The lowest BCUT2D eigenvalue weighted by Gasteiger charge is -2.20. The van der Waals surface area contributed by atoms with E-state index in [9.17, 15) is 0 Å². The Hall–Kier alpha value is -0.920. The monoisotopic (exact) mass is 349 g/mol. The van der Waals surface area contributed by atoms with Gasteiger partial charge in [-0.1, -0.05) is 0 Å². The van der Waals surface area contributed by atoms with Gasteiger partial charge in [-0.3, -0.25) is 15.0 Å². The third-order valence-corrected chi connectivity index (χ3v) is 1.77. The summed E-state index contributed by atoms with van der Waals surface area (Å²) in [7, 11) is 0. The molecule has 96 valence electrons. The number of nitrogens with two attached hydrogens (primary N) is 1. The molecule has 0 spiro atoms.